The van der Waals surface area contributed by atoms with Crippen LogP contribution >= 0.6 is 11.6 Å². The van der Waals surface area contributed by atoms with E-state index in [-0.39, 0.29) is 11.8 Å². The van der Waals surface area contributed by atoms with Crippen LogP contribution in [0.25, 0.3) is 0 Å². The van der Waals surface area contributed by atoms with Gasteiger partial charge in [0.05, 0.1) is 6.33 Å². The van der Waals surface area contributed by atoms with Gasteiger partial charge in [0.2, 0.25) is 5.91 Å². The van der Waals surface area contributed by atoms with Gasteiger partial charge < -0.3 is 9.47 Å². The van der Waals surface area contributed by atoms with Crippen LogP contribution in [-0.2, 0) is 11.3 Å². The van der Waals surface area contributed by atoms with Crippen molar-refractivity contribution in [3.05, 3.63) is 89.5 Å². The van der Waals surface area contributed by atoms with Gasteiger partial charge in [-0.15, -0.1) is 0 Å². The normalized spacial score (nSPS) is 11.9. The number of aromatic nitrogens is 2. The highest BCUT2D eigenvalue weighted by Gasteiger charge is 2.20. The minimum absolute atomic E-state index is 0.0157. The van der Waals surface area contributed by atoms with Crippen LogP contribution in [0.15, 0.2) is 73.3 Å². The largest absolute Gasteiger partial charge is 0.344 e. The lowest BCUT2D eigenvalue weighted by molar-refractivity contribution is -0.130. The van der Waals surface area contributed by atoms with Gasteiger partial charge in [-0.1, -0.05) is 54.1 Å². The van der Waals surface area contributed by atoms with E-state index in [0.29, 0.717) is 18.0 Å². The van der Waals surface area contributed by atoms with Crippen molar-refractivity contribution in [2.75, 3.05) is 13.6 Å². The maximum Gasteiger partial charge on any atom is 0.223 e. The van der Waals surface area contributed by atoms with Crippen molar-refractivity contribution in [1.29, 1.82) is 0 Å². The number of nitrogens with zero attached hydrogens (tertiary/aromatic N) is 3. The summed E-state index contributed by atoms with van der Waals surface area (Å²) in [7, 11) is 1.85. The Morgan fingerprint density at radius 3 is 2.62 bits per heavy atom. The van der Waals surface area contributed by atoms with Crippen LogP contribution in [0.4, 0.5) is 0 Å². The minimum atomic E-state index is -0.0157. The van der Waals surface area contributed by atoms with Gasteiger partial charge in [0.25, 0.3) is 0 Å². The first-order valence-electron chi connectivity index (χ1n) is 8.63. The standard InChI is InChI=1S/C21H22ClN3O/c1-24(12-13-25-11-10-23-16-25)21(26)15-20(17-6-3-2-4-7-17)18-8-5-9-19(22)14-18/h2-11,14,16,20H,12-13,15H2,1H3/t20-/m0/s1. The second-order valence-electron chi connectivity index (χ2n) is 6.34. The number of halogens is 1. The van der Waals surface area contributed by atoms with Crippen molar-refractivity contribution in [2.24, 2.45) is 0 Å². The number of imidazole rings is 1. The number of benzene rings is 2. The van der Waals surface area contributed by atoms with Crippen molar-refractivity contribution < 1.29 is 4.79 Å². The molecule has 1 atom stereocenters. The van der Waals surface area contributed by atoms with Gasteiger partial charge in [0.1, 0.15) is 0 Å². The fourth-order valence-electron chi connectivity index (χ4n) is 2.98. The molecular formula is C21H22ClN3O. The lowest BCUT2D eigenvalue weighted by atomic mass is 9.88. The molecule has 3 rings (SSSR count). The number of rotatable bonds is 7. The monoisotopic (exact) mass is 367 g/mol. The van der Waals surface area contributed by atoms with E-state index >= 15 is 0 Å². The second kappa shape index (κ2) is 8.68. The van der Waals surface area contributed by atoms with Crippen molar-refractivity contribution in [3.8, 4) is 0 Å². The molecule has 0 spiro atoms. The summed E-state index contributed by atoms with van der Waals surface area (Å²) in [6.07, 6.45) is 5.81. The molecule has 134 valence electrons. The zero-order valence-corrected chi connectivity index (χ0v) is 15.5. The molecule has 4 nitrogen and oxygen atoms in total. The van der Waals surface area contributed by atoms with Gasteiger partial charge in [-0.25, -0.2) is 4.98 Å². The van der Waals surface area contributed by atoms with E-state index in [1.165, 1.54) is 0 Å². The topological polar surface area (TPSA) is 38.1 Å². The fraction of sp³-hybridized carbons (Fsp3) is 0.238. The van der Waals surface area contributed by atoms with E-state index in [2.05, 4.69) is 17.1 Å². The molecule has 0 N–H and O–H groups in total. The molecule has 0 saturated heterocycles. The molecule has 0 saturated carbocycles. The summed E-state index contributed by atoms with van der Waals surface area (Å²) in [5.74, 6) is 0.0945. The van der Waals surface area contributed by atoms with Crippen LogP contribution in [0.3, 0.4) is 0 Å². The maximum absolute atomic E-state index is 12.8. The van der Waals surface area contributed by atoms with E-state index in [0.717, 1.165) is 17.7 Å². The van der Waals surface area contributed by atoms with Crippen molar-refractivity contribution in [3.63, 3.8) is 0 Å². The van der Waals surface area contributed by atoms with Crippen molar-refractivity contribution >= 4 is 17.5 Å². The van der Waals surface area contributed by atoms with Crippen LogP contribution in [0.1, 0.15) is 23.5 Å². The summed E-state index contributed by atoms with van der Waals surface area (Å²) in [6.45, 7) is 1.38. The lowest BCUT2D eigenvalue weighted by Gasteiger charge is -2.23. The predicted octanol–water partition coefficient (Wildman–Crippen LogP) is 4.22. The molecule has 0 bridgehead atoms. The number of carbonyl (C=O) groups is 1. The molecule has 2 aromatic carbocycles. The summed E-state index contributed by atoms with van der Waals surface area (Å²) >= 11 is 6.18. The fourth-order valence-corrected chi connectivity index (χ4v) is 3.18. The molecule has 3 aromatic rings. The van der Waals surface area contributed by atoms with E-state index in [1.807, 2.05) is 60.3 Å². The van der Waals surface area contributed by atoms with Crippen LogP contribution in [0.2, 0.25) is 5.02 Å². The zero-order valence-electron chi connectivity index (χ0n) is 14.8. The van der Waals surface area contributed by atoms with Crippen LogP contribution in [-0.4, -0.2) is 34.0 Å². The summed E-state index contributed by atoms with van der Waals surface area (Å²) in [5, 5.41) is 0.685. The second-order valence-corrected chi connectivity index (χ2v) is 6.77. The molecule has 1 amide bonds. The molecule has 5 heteroatoms. The molecule has 0 unspecified atom stereocenters. The minimum Gasteiger partial charge on any atom is -0.344 e. The zero-order chi connectivity index (χ0) is 18.4. The molecule has 1 aromatic heterocycles. The van der Waals surface area contributed by atoms with E-state index in [9.17, 15) is 4.79 Å². The maximum atomic E-state index is 12.8. The van der Waals surface area contributed by atoms with Gasteiger partial charge in [-0.2, -0.15) is 0 Å². The Kier molecular flexibility index (Phi) is 6.08. The third-order valence-corrected chi connectivity index (χ3v) is 4.75. The quantitative estimate of drug-likeness (QED) is 0.627. The number of amides is 1. The SMILES string of the molecule is CN(CCn1ccnc1)C(=O)C[C@@H](c1ccccc1)c1cccc(Cl)c1. The van der Waals surface area contributed by atoms with Gasteiger partial charge in [-0.3, -0.25) is 4.79 Å². The Balaban J connectivity index is 1.73. The Hall–Kier alpha value is -2.59. The molecular weight excluding hydrogens is 346 g/mol. The van der Waals surface area contributed by atoms with Crippen molar-refractivity contribution in [1.82, 2.24) is 14.5 Å². The average molecular weight is 368 g/mol. The molecule has 0 fully saturated rings. The number of carbonyl (C=O) groups excluding carboxylic acids is 1. The third-order valence-electron chi connectivity index (χ3n) is 4.51. The van der Waals surface area contributed by atoms with Gasteiger partial charge >= 0.3 is 0 Å². The summed E-state index contributed by atoms with van der Waals surface area (Å²) < 4.78 is 1.97. The highest BCUT2D eigenvalue weighted by atomic mass is 35.5. The lowest BCUT2D eigenvalue weighted by Crippen LogP contribution is -2.31. The van der Waals surface area contributed by atoms with E-state index in [1.54, 1.807) is 17.4 Å². The Labute approximate surface area is 159 Å². The molecule has 0 radical (unpaired) electrons. The number of likely N-dealkylation sites (N-methyl/N-ethyl adjacent to an activating group) is 1. The summed E-state index contributed by atoms with van der Waals surface area (Å²) in [6, 6.07) is 17.9. The van der Waals surface area contributed by atoms with Gasteiger partial charge in [-0.05, 0) is 23.3 Å². The Bertz CT molecular complexity index is 833. The molecule has 26 heavy (non-hydrogen) atoms. The van der Waals surface area contributed by atoms with Crippen molar-refractivity contribution in [2.45, 2.75) is 18.9 Å². The van der Waals surface area contributed by atoms with Crippen LogP contribution in [0.5, 0.6) is 0 Å². The van der Waals surface area contributed by atoms with Gasteiger partial charge in [0.15, 0.2) is 0 Å². The highest BCUT2D eigenvalue weighted by Crippen LogP contribution is 2.30. The molecule has 1 heterocycles. The first kappa shape index (κ1) is 18.2. The third kappa shape index (κ3) is 4.73. The summed E-state index contributed by atoms with van der Waals surface area (Å²) in [4.78, 5) is 18.6. The van der Waals surface area contributed by atoms with Crippen LogP contribution in [0, 0.1) is 0 Å². The smallest absolute Gasteiger partial charge is 0.223 e. The first-order chi connectivity index (χ1) is 12.6. The van der Waals surface area contributed by atoms with E-state index in [4.69, 9.17) is 11.6 Å². The van der Waals surface area contributed by atoms with E-state index < -0.39 is 0 Å². The number of hydrogen-bond acceptors (Lipinski definition) is 2. The molecule has 0 aliphatic heterocycles. The Morgan fingerprint density at radius 1 is 1.15 bits per heavy atom. The first-order valence-corrected chi connectivity index (χ1v) is 9.01. The average Bonchev–Trinajstić information content (AvgIpc) is 3.18. The molecule has 0 aliphatic rings. The molecule has 0 aliphatic carbocycles. The number of hydrogen-bond donors (Lipinski definition) is 0. The van der Waals surface area contributed by atoms with Crippen LogP contribution < -0.4 is 0 Å². The predicted molar refractivity (Wildman–Crippen MR) is 104 cm³/mol. The Morgan fingerprint density at radius 2 is 1.92 bits per heavy atom. The highest BCUT2D eigenvalue weighted by molar-refractivity contribution is 6.30. The van der Waals surface area contributed by atoms with Gasteiger partial charge in [0, 0.05) is 49.9 Å². The summed E-state index contributed by atoms with van der Waals surface area (Å²) in [5.41, 5.74) is 2.17.